The maximum absolute atomic E-state index is 12.8. The van der Waals surface area contributed by atoms with E-state index < -0.39 is 5.54 Å². The predicted molar refractivity (Wildman–Crippen MR) is 125 cm³/mol. The van der Waals surface area contributed by atoms with Gasteiger partial charge >= 0.3 is 0 Å². The second kappa shape index (κ2) is 9.84. The topological polar surface area (TPSA) is 80.2 Å². The van der Waals surface area contributed by atoms with Crippen molar-refractivity contribution in [1.82, 2.24) is 10.6 Å². The van der Waals surface area contributed by atoms with E-state index in [4.69, 9.17) is 5.26 Å². The Morgan fingerprint density at radius 2 is 1.58 bits per heavy atom. The molecule has 31 heavy (non-hydrogen) atoms. The summed E-state index contributed by atoms with van der Waals surface area (Å²) in [5, 5.41) is 18.5. The Balaban J connectivity index is 1.45. The van der Waals surface area contributed by atoms with Gasteiger partial charge in [-0.15, -0.1) is 0 Å². The van der Waals surface area contributed by atoms with Crippen molar-refractivity contribution in [3.05, 3.63) is 48.5 Å². The molecular weight excluding hydrogens is 386 g/mol. The molecule has 1 aliphatic carbocycles. The highest BCUT2D eigenvalue weighted by molar-refractivity contribution is 5.89. The van der Waals surface area contributed by atoms with Crippen LogP contribution >= 0.6 is 0 Å². The molecular formula is C25H31N5O. The highest BCUT2D eigenvalue weighted by Gasteiger charge is 2.39. The highest BCUT2D eigenvalue weighted by atomic mass is 16.2. The highest BCUT2D eigenvalue weighted by Crippen LogP contribution is 2.33. The number of amides is 1. The Kier molecular flexibility index (Phi) is 6.73. The first-order valence-electron chi connectivity index (χ1n) is 11.3. The molecule has 2 aliphatic rings. The summed E-state index contributed by atoms with van der Waals surface area (Å²) in [5.41, 5.74) is 3.93. The molecule has 2 aromatic rings. The molecule has 1 aliphatic heterocycles. The lowest BCUT2D eigenvalue weighted by Crippen LogP contribution is -2.53. The minimum Gasteiger partial charge on any atom is -0.371 e. The number of nitriles is 1. The molecule has 2 fully saturated rings. The molecule has 0 bridgehead atoms. The van der Waals surface area contributed by atoms with E-state index in [1.807, 2.05) is 18.2 Å². The van der Waals surface area contributed by atoms with E-state index in [1.165, 1.54) is 11.3 Å². The van der Waals surface area contributed by atoms with Gasteiger partial charge in [-0.25, -0.2) is 0 Å². The van der Waals surface area contributed by atoms with Gasteiger partial charge in [-0.05, 0) is 48.2 Å². The summed E-state index contributed by atoms with van der Waals surface area (Å²) in [6.45, 7) is 4.20. The maximum Gasteiger partial charge on any atom is 0.246 e. The molecule has 4 rings (SSSR count). The summed E-state index contributed by atoms with van der Waals surface area (Å²) in [6, 6.07) is 19.1. The molecule has 6 heteroatoms. The zero-order valence-corrected chi connectivity index (χ0v) is 18.0. The van der Waals surface area contributed by atoms with E-state index >= 15 is 0 Å². The number of hydrogen-bond donors (Lipinski definition) is 3. The van der Waals surface area contributed by atoms with E-state index in [-0.39, 0.29) is 12.5 Å². The summed E-state index contributed by atoms with van der Waals surface area (Å²) in [6.07, 6.45) is 4.77. The van der Waals surface area contributed by atoms with Crippen molar-refractivity contribution in [3.8, 4) is 17.2 Å². The number of nitrogens with one attached hydrogen (secondary N) is 3. The molecule has 162 valence electrons. The SMILES string of the molecule is N#CCNC(=O)C1(Nc2ccc(-c3ccc(N4CCNCC4)cc3)cc2)CCCCC1. The first-order chi connectivity index (χ1) is 15.2. The van der Waals surface area contributed by atoms with Crippen LogP contribution in [0.1, 0.15) is 32.1 Å². The minimum atomic E-state index is -0.623. The van der Waals surface area contributed by atoms with Crippen LogP contribution in [0.2, 0.25) is 0 Å². The molecule has 0 atom stereocenters. The third kappa shape index (κ3) is 5.00. The Hall–Kier alpha value is -3.04. The fourth-order valence-electron chi connectivity index (χ4n) is 4.66. The maximum atomic E-state index is 12.8. The Labute approximate surface area is 184 Å². The molecule has 1 saturated carbocycles. The molecule has 3 N–H and O–H groups in total. The zero-order valence-electron chi connectivity index (χ0n) is 18.0. The predicted octanol–water partition coefficient (Wildman–Crippen LogP) is 3.52. The fraction of sp³-hybridized carbons (Fsp3) is 0.440. The van der Waals surface area contributed by atoms with Gasteiger partial charge in [0.05, 0.1) is 6.07 Å². The zero-order chi connectivity index (χ0) is 21.5. The van der Waals surface area contributed by atoms with Crippen LogP contribution in [0, 0.1) is 11.3 Å². The number of hydrogen-bond acceptors (Lipinski definition) is 5. The van der Waals surface area contributed by atoms with Gasteiger partial charge in [-0.3, -0.25) is 4.79 Å². The number of piperazine rings is 1. The van der Waals surface area contributed by atoms with E-state index in [1.54, 1.807) is 0 Å². The van der Waals surface area contributed by atoms with Crippen LogP contribution in [0.25, 0.3) is 11.1 Å². The molecule has 0 radical (unpaired) electrons. The molecule has 2 aromatic carbocycles. The number of carbonyl (C=O) groups excluding carboxylic acids is 1. The van der Waals surface area contributed by atoms with E-state index in [2.05, 4.69) is 57.2 Å². The Morgan fingerprint density at radius 3 is 2.19 bits per heavy atom. The Morgan fingerprint density at radius 1 is 0.968 bits per heavy atom. The van der Waals surface area contributed by atoms with Gasteiger partial charge in [-0.1, -0.05) is 43.5 Å². The minimum absolute atomic E-state index is 0.0468. The van der Waals surface area contributed by atoms with Crippen molar-refractivity contribution in [1.29, 1.82) is 5.26 Å². The van der Waals surface area contributed by atoms with Gasteiger partial charge in [0.2, 0.25) is 5.91 Å². The van der Waals surface area contributed by atoms with Crippen molar-refractivity contribution in [2.45, 2.75) is 37.6 Å². The summed E-state index contributed by atoms with van der Waals surface area (Å²) >= 11 is 0. The summed E-state index contributed by atoms with van der Waals surface area (Å²) in [7, 11) is 0. The van der Waals surface area contributed by atoms with Crippen LogP contribution < -0.4 is 20.9 Å². The first kappa shape index (κ1) is 21.2. The van der Waals surface area contributed by atoms with Gasteiger partial charge in [-0.2, -0.15) is 5.26 Å². The number of carbonyl (C=O) groups is 1. The van der Waals surface area contributed by atoms with Gasteiger partial charge in [0.25, 0.3) is 0 Å². The molecule has 1 heterocycles. The average molecular weight is 418 g/mol. The fourth-order valence-corrected chi connectivity index (χ4v) is 4.66. The van der Waals surface area contributed by atoms with Crippen LogP contribution in [0.3, 0.4) is 0 Å². The molecule has 1 saturated heterocycles. The number of benzene rings is 2. The molecule has 0 aromatic heterocycles. The lowest BCUT2D eigenvalue weighted by Gasteiger charge is -2.37. The molecule has 6 nitrogen and oxygen atoms in total. The van der Waals surface area contributed by atoms with Crippen LogP contribution in [-0.4, -0.2) is 44.2 Å². The van der Waals surface area contributed by atoms with Crippen molar-refractivity contribution < 1.29 is 4.79 Å². The van der Waals surface area contributed by atoms with E-state index in [0.29, 0.717) is 0 Å². The summed E-state index contributed by atoms with van der Waals surface area (Å²) in [5.74, 6) is -0.0682. The second-order valence-corrected chi connectivity index (χ2v) is 8.47. The van der Waals surface area contributed by atoms with Crippen LogP contribution in [0.4, 0.5) is 11.4 Å². The van der Waals surface area contributed by atoms with Gasteiger partial charge in [0.15, 0.2) is 0 Å². The Bertz CT molecular complexity index is 904. The lowest BCUT2D eigenvalue weighted by atomic mass is 9.80. The molecule has 0 spiro atoms. The third-order valence-corrected chi connectivity index (χ3v) is 6.42. The number of rotatable bonds is 6. The average Bonchev–Trinajstić information content (AvgIpc) is 2.84. The normalized spacial score (nSPS) is 18.1. The standard InChI is InChI=1S/C25H31N5O/c26-14-15-28-24(31)25(12-2-1-3-13-25)29-22-8-4-20(5-9-22)21-6-10-23(11-7-21)30-18-16-27-17-19-30/h4-11,27,29H,1-3,12-13,15-19H2,(H,28,31). The number of anilines is 2. The lowest BCUT2D eigenvalue weighted by molar-refractivity contribution is -0.126. The van der Waals surface area contributed by atoms with Crippen LogP contribution in [0.5, 0.6) is 0 Å². The van der Waals surface area contributed by atoms with Crippen LogP contribution in [-0.2, 0) is 4.79 Å². The van der Waals surface area contributed by atoms with Crippen molar-refractivity contribution in [3.63, 3.8) is 0 Å². The van der Waals surface area contributed by atoms with Gasteiger partial charge in [0, 0.05) is 37.6 Å². The summed E-state index contributed by atoms with van der Waals surface area (Å²) in [4.78, 5) is 15.2. The van der Waals surface area contributed by atoms with Crippen LogP contribution in [0.15, 0.2) is 48.5 Å². The molecule has 1 amide bonds. The third-order valence-electron chi connectivity index (χ3n) is 6.42. The largest absolute Gasteiger partial charge is 0.371 e. The quantitative estimate of drug-likeness (QED) is 0.627. The monoisotopic (exact) mass is 417 g/mol. The van der Waals surface area contributed by atoms with Gasteiger partial charge in [0.1, 0.15) is 12.1 Å². The summed E-state index contributed by atoms with van der Waals surface area (Å²) < 4.78 is 0. The van der Waals surface area contributed by atoms with Crippen molar-refractivity contribution in [2.24, 2.45) is 0 Å². The second-order valence-electron chi connectivity index (χ2n) is 8.47. The van der Waals surface area contributed by atoms with Crippen molar-refractivity contribution >= 4 is 17.3 Å². The molecule has 0 unspecified atom stereocenters. The number of nitrogens with zero attached hydrogens (tertiary/aromatic N) is 2. The van der Waals surface area contributed by atoms with Crippen molar-refractivity contribution in [2.75, 3.05) is 42.9 Å². The van der Waals surface area contributed by atoms with E-state index in [0.717, 1.165) is 69.5 Å². The smallest absolute Gasteiger partial charge is 0.246 e. The first-order valence-corrected chi connectivity index (χ1v) is 11.3. The van der Waals surface area contributed by atoms with E-state index in [9.17, 15) is 4.79 Å². The van der Waals surface area contributed by atoms with Gasteiger partial charge < -0.3 is 20.9 Å².